The Morgan fingerprint density at radius 3 is 2.47 bits per heavy atom. The number of benzene rings is 2. The van der Waals surface area contributed by atoms with E-state index in [2.05, 4.69) is 22.0 Å². The minimum absolute atomic E-state index is 0.0354. The van der Waals surface area contributed by atoms with Crippen molar-refractivity contribution in [3.63, 3.8) is 0 Å². The molecule has 1 aromatic heterocycles. The minimum Gasteiger partial charge on any atom is -0.378 e. The van der Waals surface area contributed by atoms with Crippen LogP contribution in [0.4, 0.5) is 5.69 Å². The van der Waals surface area contributed by atoms with Gasteiger partial charge in [0.1, 0.15) is 18.1 Å². The van der Waals surface area contributed by atoms with Gasteiger partial charge in [-0.25, -0.2) is 13.4 Å². The molecule has 2 heterocycles. The average molecular weight is 457 g/mol. The van der Waals surface area contributed by atoms with Gasteiger partial charge in [0.05, 0.1) is 24.2 Å². The number of likely N-dealkylation sites (N-methyl/N-ethyl adjacent to an activating group) is 1. The third kappa shape index (κ3) is 5.28. The van der Waals surface area contributed by atoms with Crippen LogP contribution >= 0.6 is 0 Å². The van der Waals surface area contributed by atoms with Gasteiger partial charge in [0.2, 0.25) is 5.91 Å². The second kappa shape index (κ2) is 9.30. The fraction of sp³-hybridized carbons (Fsp3) is 0.391. The molecule has 0 unspecified atom stereocenters. The summed E-state index contributed by atoms with van der Waals surface area (Å²) in [6, 6.07) is 15.6. The average Bonchev–Trinajstić information content (AvgIpc) is 3.10. The molecule has 2 aromatic carbocycles. The van der Waals surface area contributed by atoms with Crippen molar-refractivity contribution in [2.24, 2.45) is 0 Å². The molecular weight excluding hydrogens is 428 g/mol. The van der Waals surface area contributed by atoms with Crippen LogP contribution in [0.1, 0.15) is 11.4 Å². The summed E-state index contributed by atoms with van der Waals surface area (Å²) < 4.78 is 30.9. The zero-order valence-electron chi connectivity index (χ0n) is 18.4. The van der Waals surface area contributed by atoms with Crippen LogP contribution in [0.3, 0.4) is 0 Å². The Kier molecular flexibility index (Phi) is 6.48. The quantitative estimate of drug-likeness (QED) is 0.541. The number of hydrogen-bond donors (Lipinski definition) is 0. The third-order valence-electron chi connectivity index (χ3n) is 5.58. The second-order valence-electron chi connectivity index (χ2n) is 8.19. The number of sulfone groups is 1. The summed E-state index contributed by atoms with van der Waals surface area (Å²) in [7, 11) is -1.53. The number of carbonyl (C=O) groups excluding carboxylic acids is 1. The Bertz CT molecular complexity index is 1200. The van der Waals surface area contributed by atoms with Crippen LogP contribution in [0, 0.1) is 0 Å². The highest BCUT2D eigenvalue weighted by Gasteiger charge is 2.19. The molecule has 9 heteroatoms. The SMILES string of the molecule is CN(Cc1ccc(N2CCOCC2)cc1)C(=O)Cn1c(CS(C)(=O)=O)nc2ccccc21. The number of para-hydroxylation sites is 2. The van der Waals surface area contributed by atoms with Gasteiger partial charge in [-0.15, -0.1) is 0 Å². The summed E-state index contributed by atoms with van der Waals surface area (Å²) >= 11 is 0. The molecule has 3 aromatic rings. The van der Waals surface area contributed by atoms with Crippen molar-refractivity contribution in [3.05, 3.63) is 59.9 Å². The van der Waals surface area contributed by atoms with E-state index in [-0.39, 0.29) is 18.2 Å². The number of anilines is 1. The topological polar surface area (TPSA) is 84.7 Å². The lowest BCUT2D eigenvalue weighted by Gasteiger charge is -2.29. The van der Waals surface area contributed by atoms with Crippen molar-refractivity contribution in [2.45, 2.75) is 18.8 Å². The predicted molar refractivity (Wildman–Crippen MR) is 124 cm³/mol. The normalized spacial score (nSPS) is 14.6. The molecule has 1 aliphatic rings. The van der Waals surface area contributed by atoms with Gasteiger partial charge >= 0.3 is 0 Å². The molecule has 32 heavy (non-hydrogen) atoms. The van der Waals surface area contributed by atoms with Gasteiger partial charge < -0.3 is 19.1 Å². The number of nitrogens with zero attached hydrogens (tertiary/aromatic N) is 4. The smallest absolute Gasteiger partial charge is 0.242 e. The number of rotatable bonds is 7. The molecule has 0 aliphatic carbocycles. The van der Waals surface area contributed by atoms with Crippen LogP contribution < -0.4 is 4.90 Å². The highest BCUT2D eigenvalue weighted by molar-refractivity contribution is 7.89. The number of aromatic nitrogens is 2. The molecule has 0 radical (unpaired) electrons. The maximum Gasteiger partial charge on any atom is 0.242 e. The number of ether oxygens (including phenoxy) is 1. The van der Waals surface area contributed by atoms with E-state index in [1.165, 1.54) is 6.26 Å². The van der Waals surface area contributed by atoms with E-state index < -0.39 is 9.84 Å². The number of imidazole rings is 1. The van der Waals surface area contributed by atoms with E-state index in [9.17, 15) is 13.2 Å². The van der Waals surface area contributed by atoms with E-state index in [1.807, 2.05) is 36.4 Å². The molecule has 1 aliphatic heterocycles. The first kappa shape index (κ1) is 22.3. The highest BCUT2D eigenvalue weighted by atomic mass is 32.2. The highest BCUT2D eigenvalue weighted by Crippen LogP contribution is 2.20. The number of fused-ring (bicyclic) bond motifs is 1. The summed E-state index contributed by atoms with van der Waals surface area (Å²) in [5.74, 6) is 0.0623. The number of carbonyl (C=O) groups is 1. The largest absolute Gasteiger partial charge is 0.378 e. The molecule has 0 saturated carbocycles. The van der Waals surface area contributed by atoms with Gasteiger partial charge in [-0.1, -0.05) is 24.3 Å². The zero-order valence-corrected chi connectivity index (χ0v) is 19.2. The third-order valence-corrected chi connectivity index (χ3v) is 6.36. The molecule has 4 rings (SSSR count). The van der Waals surface area contributed by atoms with Gasteiger partial charge in [0.15, 0.2) is 9.84 Å². The van der Waals surface area contributed by atoms with Crippen molar-refractivity contribution >= 4 is 32.5 Å². The van der Waals surface area contributed by atoms with E-state index in [0.29, 0.717) is 17.9 Å². The van der Waals surface area contributed by atoms with Gasteiger partial charge in [-0.2, -0.15) is 0 Å². The first-order valence-corrected chi connectivity index (χ1v) is 12.6. The van der Waals surface area contributed by atoms with Crippen LogP contribution in [0.15, 0.2) is 48.5 Å². The Hall–Kier alpha value is -2.91. The summed E-state index contributed by atoms with van der Waals surface area (Å²) in [4.78, 5) is 21.4. The van der Waals surface area contributed by atoms with Crippen molar-refractivity contribution in [3.8, 4) is 0 Å². The second-order valence-corrected chi connectivity index (χ2v) is 10.3. The van der Waals surface area contributed by atoms with E-state index >= 15 is 0 Å². The maximum atomic E-state index is 13.0. The van der Waals surface area contributed by atoms with Gasteiger partial charge in [0.25, 0.3) is 0 Å². The first-order valence-electron chi connectivity index (χ1n) is 10.6. The maximum absolute atomic E-state index is 13.0. The van der Waals surface area contributed by atoms with Crippen molar-refractivity contribution in [2.75, 3.05) is 44.5 Å². The van der Waals surface area contributed by atoms with Gasteiger partial charge in [-0.3, -0.25) is 4.79 Å². The molecule has 170 valence electrons. The van der Waals surface area contributed by atoms with Crippen molar-refractivity contribution in [1.29, 1.82) is 0 Å². The predicted octanol–water partition coefficient (Wildman–Crippen LogP) is 2.08. The first-order chi connectivity index (χ1) is 15.3. The van der Waals surface area contributed by atoms with E-state index in [0.717, 1.165) is 43.1 Å². The van der Waals surface area contributed by atoms with Crippen LogP contribution in [-0.4, -0.2) is 68.4 Å². The monoisotopic (exact) mass is 456 g/mol. The van der Waals surface area contributed by atoms with Crippen LogP contribution in [-0.2, 0) is 38.2 Å². The lowest BCUT2D eigenvalue weighted by atomic mass is 10.1. The molecule has 0 bridgehead atoms. The summed E-state index contributed by atoms with van der Waals surface area (Å²) in [5, 5.41) is 0. The molecular formula is C23H28N4O4S. The van der Waals surface area contributed by atoms with Gasteiger partial charge in [-0.05, 0) is 29.8 Å². The molecule has 0 N–H and O–H groups in total. The van der Waals surface area contributed by atoms with Crippen LogP contribution in [0.2, 0.25) is 0 Å². The van der Waals surface area contributed by atoms with Crippen molar-refractivity contribution in [1.82, 2.24) is 14.5 Å². The van der Waals surface area contributed by atoms with E-state index in [1.54, 1.807) is 16.5 Å². The Morgan fingerprint density at radius 1 is 1.09 bits per heavy atom. The summed E-state index contributed by atoms with van der Waals surface area (Å²) in [5.41, 5.74) is 3.62. The lowest BCUT2D eigenvalue weighted by Crippen LogP contribution is -2.36. The zero-order chi connectivity index (χ0) is 22.7. The van der Waals surface area contributed by atoms with Crippen LogP contribution in [0.5, 0.6) is 0 Å². The number of morpholine rings is 1. The minimum atomic E-state index is -3.29. The Morgan fingerprint density at radius 2 is 1.78 bits per heavy atom. The Balaban J connectivity index is 1.47. The molecule has 1 amide bonds. The fourth-order valence-corrected chi connectivity index (χ4v) is 4.59. The molecule has 1 fully saturated rings. The molecule has 0 atom stereocenters. The standard InChI is InChI=1S/C23H28N4O4S/c1-25(15-18-7-9-19(10-8-18)26-11-13-31-14-12-26)23(28)16-27-21-6-4-3-5-20(21)24-22(27)17-32(2,29)30/h3-10H,11-17H2,1-2H3. The fourth-order valence-electron chi connectivity index (χ4n) is 3.90. The lowest BCUT2D eigenvalue weighted by molar-refractivity contribution is -0.131. The number of hydrogen-bond acceptors (Lipinski definition) is 6. The molecule has 0 spiro atoms. The van der Waals surface area contributed by atoms with E-state index in [4.69, 9.17) is 4.74 Å². The molecule has 1 saturated heterocycles. The van der Waals surface area contributed by atoms with Crippen LogP contribution in [0.25, 0.3) is 11.0 Å². The van der Waals surface area contributed by atoms with Crippen molar-refractivity contribution < 1.29 is 17.9 Å². The summed E-state index contributed by atoms with van der Waals surface area (Å²) in [6.45, 7) is 3.75. The van der Waals surface area contributed by atoms with Gasteiger partial charge in [0, 0.05) is 38.6 Å². The number of amides is 1. The molecule has 8 nitrogen and oxygen atoms in total. The summed E-state index contributed by atoms with van der Waals surface area (Å²) in [6.07, 6.45) is 1.17. The Labute approximate surface area is 188 Å².